The third kappa shape index (κ3) is 6.38. The summed E-state index contributed by atoms with van der Waals surface area (Å²) < 4.78 is 0. The Morgan fingerprint density at radius 3 is 2.04 bits per heavy atom. The predicted molar refractivity (Wildman–Crippen MR) is 116 cm³/mol. The van der Waals surface area contributed by atoms with Gasteiger partial charge in [0.15, 0.2) is 0 Å². The molecule has 0 saturated heterocycles. The van der Waals surface area contributed by atoms with Crippen LogP contribution < -0.4 is 10.6 Å². The van der Waals surface area contributed by atoms with Gasteiger partial charge in [0, 0.05) is 11.6 Å². The van der Waals surface area contributed by atoms with E-state index in [0.29, 0.717) is 11.3 Å². The number of anilines is 1. The van der Waals surface area contributed by atoms with Gasteiger partial charge in [-0.25, -0.2) is 0 Å². The SMILES string of the molecule is CC(C)(C)NC(=O)c1ccccc1NC(=O)/C=C/c1ccc(C(C)(C)C)cc1. The molecule has 0 bridgehead atoms. The molecule has 0 aliphatic heterocycles. The van der Waals surface area contributed by atoms with Gasteiger partial charge in [0.25, 0.3) is 5.91 Å². The van der Waals surface area contributed by atoms with Gasteiger partial charge in [0.2, 0.25) is 5.91 Å². The monoisotopic (exact) mass is 378 g/mol. The number of para-hydroxylation sites is 1. The summed E-state index contributed by atoms with van der Waals surface area (Å²) in [5.74, 6) is -0.499. The van der Waals surface area contributed by atoms with Gasteiger partial charge in [-0.1, -0.05) is 57.2 Å². The van der Waals surface area contributed by atoms with E-state index in [4.69, 9.17) is 0 Å². The van der Waals surface area contributed by atoms with Crippen molar-refractivity contribution < 1.29 is 9.59 Å². The van der Waals surface area contributed by atoms with Gasteiger partial charge in [-0.05, 0) is 55.5 Å². The first kappa shape index (κ1) is 21.4. The second-order valence-electron chi connectivity index (χ2n) is 8.94. The van der Waals surface area contributed by atoms with E-state index < -0.39 is 0 Å². The van der Waals surface area contributed by atoms with Crippen molar-refractivity contribution >= 4 is 23.6 Å². The molecule has 0 aliphatic carbocycles. The fourth-order valence-corrected chi connectivity index (χ4v) is 2.64. The van der Waals surface area contributed by atoms with Crippen molar-refractivity contribution in [2.24, 2.45) is 0 Å². The highest BCUT2D eigenvalue weighted by molar-refractivity contribution is 6.07. The molecule has 0 radical (unpaired) electrons. The molecular weight excluding hydrogens is 348 g/mol. The molecule has 0 spiro atoms. The van der Waals surface area contributed by atoms with Gasteiger partial charge in [-0.15, -0.1) is 0 Å². The minimum Gasteiger partial charge on any atom is -0.347 e. The first-order valence-electron chi connectivity index (χ1n) is 9.47. The number of hydrogen-bond acceptors (Lipinski definition) is 2. The van der Waals surface area contributed by atoms with Crippen molar-refractivity contribution in [3.63, 3.8) is 0 Å². The van der Waals surface area contributed by atoms with E-state index in [1.807, 2.05) is 32.9 Å². The van der Waals surface area contributed by atoms with Crippen LogP contribution in [0.25, 0.3) is 6.08 Å². The van der Waals surface area contributed by atoms with Crippen molar-refractivity contribution in [3.8, 4) is 0 Å². The Labute approximate surface area is 168 Å². The number of carbonyl (C=O) groups excluding carboxylic acids is 2. The summed E-state index contributed by atoms with van der Waals surface area (Å²) >= 11 is 0. The Morgan fingerprint density at radius 1 is 0.857 bits per heavy atom. The van der Waals surface area contributed by atoms with Gasteiger partial charge in [0.1, 0.15) is 0 Å². The van der Waals surface area contributed by atoms with E-state index in [9.17, 15) is 9.59 Å². The second kappa shape index (κ2) is 8.42. The lowest BCUT2D eigenvalue weighted by molar-refractivity contribution is -0.111. The van der Waals surface area contributed by atoms with Crippen molar-refractivity contribution in [3.05, 3.63) is 71.3 Å². The third-order valence-electron chi connectivity index (χ3n) is 4.12. The summed E-state index contributed by atoms with van der Waals surface area (Å²) in [5.41, 5.74) is 2.86. The molecule has 0 heterocycles. The van der Waals surface area contributed by atoms with Gasteiger partial charge >= 0.3 is 0 Å². The van der Waals surface area contributed by atoms with Crippen LogP contribution in [-0.2, 0) is 10.2 Å². The van der Waals surface area contributed by atoms with E-state index in [0.717, 1.165) is 5.56 Å². The van der Waals surface area contributed by atoms with Crippen molar-refractivity contribution in [2.45, 2.75) is 52.5 Å². The minimum absolute atomic E-state index is 0.0942. The topological polar surface area (TPSA) is 58.2 Å². The predicted octanol–water partition coefficient (Wildman–Crippen LogP) is 5.16. The Balaban J connectivity index is 2.09. The van der Waals surface area contributed by atoms with Crippen LogP contribution in [0, 0.1) is 0 Å². The van der Waals surface area contributed by atoms with Crippen molar-refractivity contribution in [1.82, 2.24) is 5.32 Å². The van der Waals surface area contributed by atoms with E-state index in [1.54, 1.807) is 30.3 Å². The van der Waals surface area contributed by atoms with Crippen molar-refractivity contribution in [1.29, 1.82) is 0 Å². The number of amides is 2. The Bertz CT molecular complexity index is 867. The maximum absolute atomic E-state index is 12.5. The zero-order valence-corrected chi connectivity index (χ0v) is 17.6. The number of benzene rings is 2. The molecule has 148 valence electrons. The van der Waals surface area contributed by atoms with Crippen LogP contribution in [0.3, 0.4) is 0 Å². The average Bonchev–Trinajstić information content (AvgIpc) is 2.58. The third-order valence-corrected chi connectivity index (χ3v) is 4.12. The quantitative estimate of drug-likeness (QED) is 0.722. The first-order chi connectivity index (χ1) is 13.0. The fraction of sp³-hybridized carbons (Fsp3) is 0.333. The number of rotatable bonds is 4. The Morgan fingerprint density at radius 2 is 1.46 bits per heavy atom. The Kier molecular flexibility index (Phi) is 6.45. The summed E-state index contributed by atoms with van der Waals surface area (Å²) in [4.78, 5) is 24.8. The van der Waals surface area contributed by atoms with Crippen LogP contribution >= 0.6 is 0 Å². The average molecular weight is 379 g/mol. The standard InChI is InChI=1S/C24H30N2O2/c1-23(2,3)18-14-11-17(12-15-18)13-16-21(27)25-20-10-8-7-9-19(20)22(28)26-24(4,5)6/h7-16H,1-6H3,(H,25,27)(H,26,28)/b16-13+. The highest BCUT2D eigenvalue weighted by atomic mass is 16.2. The van der Waals surface area contributed by atoms with E-state index in [2.05, 4.69) is 43.5 Å². The molecule has 4 heteroatoms. The zero-order valence-electron chi connectivity index (χ0n) is 17.6. The van der Waals surface area contributed by atoms with Crippen LogP contribution in [0.1, 0.15) is 63.0 Å². The van der Waals surface area contributed by atoms with Crippen LogP contribution in [0.4, 0.5) is 5.69 Å². The molecule has 2 aromatic rings. The van der Waals surface area contributed by atoms with Gasteiger partial charge in [-0.3, -0.25) is 9.59 Å². The smallest absolute Gasteiger partial charge is 0.253 e. The number of hydrogen-bond donors (Lipinski definition) is 2. The highest BCUT2D eigenvalue weighted by Gasteiger charge is 2.18. The lowest BCUT2D eigenvalue weighted by Crippen LogP contribution is -2.40. The lowest BCUT2D eigenvalue weighted by Gasteiger charge is -2.21. The minimum atomic E-state index is -0.354. The summed E-state index contributed by atoms with van der Waals surface area (Å²) in [6.45, 7) is 12.2. The molecule has 0 aromatic heterocycles. The summed E-state index contributed by atoms with van der Waals surface area (Å²) in [6.07, 6.45) is 3.24. The largest absolute Gasteiger partial charge is 0.347 e. The van der Waals surface area contributed by atoms with Gasteiger partial charge < -0.3 is 10.6 Å². The summed E-state index contributed by atoms with van der Waals surface area (Å²) in [5, 5.41) is 5.71. The van der Waals surface area contributed by atoms with Crippen LogP contribution in [0.15, 0.2) is 54.6 Å². The Hall–Kier alpha value is -2.88. The molecule has 2 aromatic carbocycles. The summed E-state index contributed by atoms with van der Waals surface area (Å²) in [6, 6.07) is 15.1. The molecule has 4 nitrogen and oxygen atoms in total. The van der Waals surface area contributed by atoms with Gasteiger partial charge in [0.05, 0.1) is 11.3 Å². The molecule has 0 unspecified atom stereocenters. The molecule has 2 N–H and O–H groups in total. The summed E-state index contributed by atoms with van der Waals surface area (Å²) in [7, 11) is 0. The maximum atomic E-state index is 12.5. The van der Waals surface area contributed by atoms with E-state index >= 15 is 0 Å². The van der Waals surface area contributed by atoms with E-state index in [-0.39, 0.29) is 22.8 Å². The molecule has 0 saturated carbocycles. The first-order valence-corrected chi connectivity index (χ1v) is 9.47. The maximum Gasteiger partial charge on any atom is 0.253 e. The van der Waals surface area contributed by atoms with E-state index in [1.165, 1.54) is 11.6 Å². The van der Waals surface area contributed by atoms with Crippen LogP contribution in [-0.4, -0.2) is 17.4 Å². The highest BCUT2D eigenvalue weighted by Crippen LogP contribution is 2.22. The fourth-order valence-electron chi connectivity index (χ4n) is 2.64. The molecule has 28 heavy (non-hydrogen) atoms. The molecule has 0 atom stereocenters. The molecule has 2 rings (SSSR count). The molecular formula is C24H30N2O2. The zero-order chi connectivity index (χ0) is 20.9. The lowest BCUT2D eigenvalue weighted by atomic mass is 9.87. The second-order valence-corrected chi connectivity index (χ2v) is 8.94. The van der Waals surface area contributed by atoms with Crippen molar-refractivity contribution in [2.75, 3.05) is 5.32 Å². The van der Waals surface area contributed by atoms with Crippen LogP contribution in [0.2, 0.25) is 0 Å². The molecule has 0 aliphatic rings. The van der Waals surface area contributed by atoms with Gasteiger partial charge in [-0.2, -0.15) is 0 Å². The molecule has 2 amide bonds. The number of carbonyl (C=O) groups is 2. The van der Waals surface area contributed by atoms with Crippen LogP contribution in [0.5, 0.6) is 0 Å². The number of nitrogens with one attached hydrogen (secondary N) is 2. The molecule has 0 fully saturated rings. The normalized spacial score (nSPS) is 12.1.